The lowest BCUT2D eigenvalue weighted by atomic mass is 10.1. The van der Waals surface area contributed by atoms with Crippen molar-refractivity contribution >= 4 is 17.6 Å². The first-order chi connectivity index (χ1) is 13.2. The van der Waals surface area contributed by atoms with Crippen LogP contribution in [0.1, 0.15) is 31.8 Å². The molecule has 0 aliphatic carbocycles. The number of aryl methyl sites for hydroxylation is 1. The molecule has 1 aliphatic heterocycles. The molecule has 8 heteroatoms. The van der Waals surface area contributed by atoms with E-state index in [0.717, 1.165) is 11.6 Å². The number of carboxylic acid groups (broad SMARTS) is 1. The van der Waals surface area contributed by atoms with E-state index in [0.29, 0.717) is 11.6 Å². The van der Waals surface area contributed by atoms with E-state index in [4.69, 9.17) is 5.11 Å². The summed E-state index contributed by atoms with van der Waals surface area (Å²) in [4.78, 5) is 26.8. The fourth-order valence-electron chi connectivity index (χ4n) is 3.28. The molecule has 0 radical (unpaired) electrons. The molecule has 3 rings (SSSR count). The summed E-state index contributed by atoms with van der Waals surface area (Å²) in [6, 6.07) is 10.2. The van der Waals surface area contributed by atoms with E-state index >= 15 is 0 Å². The van der Waals surface area contributed by atoms with Crippen molar-refractivity contribution in [2.45, 2.75) is 13.1 Å². The van der Waals surface area contributed by atoms with Crippen LogP contribution < -0.4 is 4.90 Å². The highest BCUT2D eigenvalue weighted by atomic mass is 19.4. The van der Waals surface area contributed by atoms with Gasteiger partial charge >= 0.3 is 12.1 Å². The number of carbonyl (C=O) groups is 2. The zero-order valence-corrected chi connectivity index (χ0v) is 15.2. The van der Waals surface area contributed by atoms with Crippen LogP contribution >= 0.6 is 0 Å². The van der Waals surface area contributed by atoms with Gasteiger partial charge in [-0.1, -0.05) is 17.7 Å². The van der Waals surface area contributed by atoms with Crippen LogP contribution in [0.5, 0.6) is 0 Å². The Kier molecular flexibility index (Phi) is 5.31. The van der Waals surface area contributed by atoms with E-state index in [1.807, 2.05) is 13.0 Å². The van der Waals surface area contributed by atoms with Crippen LogP contribution in [0.3, 0.4) is 0 Å². The zero-order chi connectivity index (χ0) is 20.5. The molecule has 2 aromatic rings. The number of nitrogens with zero attached hydrogens (tertiary/aromatic N) is 2. The molecule has 0 saturated carbocycles. The third-order valence-corrected chi connectivity index (χ3v) is 4.72. The van der Waals surface area contributed by atoms with Crippen LogP contribution in [0, 0.1) is 6.92 Å². The molecule has 5 nitrogen and oxygen atoms in total. The van der Waals surface area contributed by atoms with Gasteiger partial charge in [-0.05, 0) is 37.3 Å². The van der Waals surface area contributed by atoms with Crippen molar-refractivity contribution in [1.29, 1.82) is 0 Å². The summed E-state index contributed by atoms with van der Waals surface area (Å²) < 4.78 is 40.3. The second-order valence-corrected chi connectivity index (χ2v) is 6.68. The van der Waals surface area contributed by atoms with Crippen molar-refractivity contribution in [2.24, 2.45) is 0 Å². The van der Waals surface area contributed by atoms with Crippen LogP contribution in [-0.4, -0.2) is 48.1 Å². The average molecular weight is 392 g/mol. The molecule has 0 unspecified atom stereocenters. The molecule has 2 aromatic carbocycles. The minimum absolute atomic E-state index is 0.0693. The third kappa shape index (κ3) is 4.11. The Bertz CT molecular complexity index is 904. The minimum atomic E-state index is -4.67. The molecule has 28 heavy (non-hydrogen) atoms. The Morgan fingerprint density at radius 3 is 2.21 bits per heavy atom. The maximum absolute atomic E-state index is 13.4. The number of alkyl halides is 3. The molecule has 1 N–H and O–H groups in total. The van der Waals surface area contributed by atoms with Gasteiger partial charge in [0.05, 0.1) is 11.1 Å². The number of carbonyl (C=O) groups excluding carboxylic acids is 1. The van der Waals surface area contributed by atoms with Crippen LogP contribution in [0.25, 0.3) is 0 Å². The standard InChI is InChI=1S/C20H19F3N2O3/c1-13-3-2-4-14(11-13)18(26)25-9-7-24(8-10-25)17-6-5-15(19(27)28)12-16(17)20(21,22)23/h2-6,11-12H,7-10H2,1H3,(H,27,28). The number of amides is 1. The van der Waals surface area contributed by atoms with Gasteiger partial charge in [-0.3, -0.25) is 4.79 Å². The summed E-state index contributed by atoms with van der Waals surface area (Å²) in [7, 11) is 0. The molecule has 1 aliphatic rings. The van der Waals surface area contributed by atoms with Crippen molar-refractivity contribution in [1.82, 2.24) is 4.90 Å². The maximum Gasteiger partial charge on any atom is 0.418 e. The number of carboxylic acids is 1. The summed E-state index contributed by atoms with van der Waals surface area (Å²) in [6.07, 6.45) is -4.67. The lowest BCUT2D eigenvalue weighted by molar-refractivity contribution is -0.137. The van der Waals surface area contributed by atoms with Crippen LogP contribution in [-0.2, 0) is 6.18 Å². The fraction of sp³-hybridized carbons (Fsp3) is 0.300. The topological polar surface area (TPSA) is 60.9 Å². The Labute approximate surface area is 160 Å². The molecule has 0 atom stereocenters. The van der Waals surface area contributed by atoms with Gasteiger partial charge in [0.15, 0.2) is 0 Å². The first kappa shape index (κ1) is 19.7. The third-order valence-electron chi connectivity index (χ3n) is 4.72. The van der Waals surface area contributed by atoms with E-state index in [2.05, 4.69) is 0 Å². The minimum Gasteiger partial charge on any atom is -0.478 e. The average Bonchev–Trinajstić information content (AvgIpc) is 2.66. The predicted octanol–water partition coefficient (Wildman–Crippen LogP) is 3.67. The lowest BCUT2D eigenvalue weighted by Gasteiger charge is -2.37. The highest BCUT2D eigenvalue weighted by molar-refractivity contribution is 5.94. The van der Waals surface area contributed by atoms with E-state index in [1.165, 1.54) is 11.0 Å². The summed E-state index contributed by atoms with van der Waals surface area (Å²) >= 11 is 0. The van der Waals surface area contributed by atoms with Gasteiger partial charge < -0.3 is 14.9 Å². The maximum atomic E-state index is 13.4. The summed E-state index contributed by atoms with van der Waals surface area (Å²) in [5.74, 6) is -1.56. The van der Waals surface area contributed by atoms with Crippen molar-refractivity contribution in [3.8, 4) is 0 Å². The van der Waals surface area contributed by atoms with Crippen molar-refractivity contribution in [3.05, 3.63) is 64.7 Å². The first-order valence-electron chi connectivity index (χ1n) is 8.72. The number of hydrogen-bond donors (Lipinski definition) is 1. The molecular weight excluding hydrogens is 373 g/mol. The lowest BCUT2D eigenvalue weighted by Crippen LogP contribution is -2.49. The highest BCUT2D eigenvalue weighted by Crippen LogP contribution is 2.37. The quantitative estimate of drug-likeness (QED) is 0.866. The predicted molar refractivity (Wildman–Crippen MR) is 97.7 cm³/mol. The number of anilines is 1. The second kappa shape index (κ2) is 7.53. The van der Waals surface area contributed by atoms with Gasteiger partial charge in [0, 0.05) is 37.4 Å². The van der Waals surface area contributed by atoms with Gasteiger partial charge in [0.2, 0.25) is 0 Å². The molecule has 1 fully saturated rings. The molecule has 1 amide bonds. The molecule has 1 saturated heterocycles. The first-order valence-corrected chi connectivity index (χ1v) is 8.72. The molecule has 1 heterocycles. The number of hydrogen-bond acceptors (Lipinski definition) is 3. The summed E-state index contributed by atoms with van der Waals surface area (Å²) in [6.45, 7) is 2.91. The number of rotatable bonds is 3. The van der Waals surface area contributed by atoms with Gasteiger partial charge in [0.1, 0.15) is 0 Å². The van der Waals surface area contributed by atoms with E-state index in [-0.39, 0.29) is 37.8 Å². The van der Waals surface area contributed by atoms with E-state index < -0.39 is 23.3 Å². The number of aromatic carboxylic acids is 1. The molecule has 0 aromatic heterocycles. The Morgan fingerprint density at radius 1 is 0.964 bits per heavy atom. The van der Waals surface area contributed by atoms with Gasteiger partial charge in [-0.25, -0.2) is 4.79 Å². The fourth-order valence-corrected chi connectivity index (χ4v) is 3.28. The molecule has 0 spiro atoms. The number of halogens is 3. The van der Waals surface area contributed by atoms with Crippen molar-refractivity contribution in [2.75, 3.05) is 31.1 Å². The van der Waals surface area contributed by atoms with Crippen molar-refractivity contribution < 1.29 is 27.9 Å². The van der Waals surface area contributed by atoms with Crippen LogP contribution in [0.4, 0.5) is 18.9 Å². The van der Waals surface area contributed by atoms with Crippen molar-refractivity contribution in [3.63, 3.8) is 0 Å². The smallest absolute Gasteiger partial charge is 0.418 e. The normalized spacial score (nSPS) is 14.9. The Morgan fingerprint density at radius 2 is 1.64 bits per heavy atom. The van der Waals surface area contributed by atoms with Gasteiger partial charge in [-0.2, -0.15) is 13.2 Å². The zero-order valence-electron chi connectivity index (χ0n) is 15.2. The molecule has 148 valence electrons. The second-order valence-electron chi connectivity index (χ2n) is 6.68. The molecule has 0 bridgehead atoms. The Balaban J connectivity index is 1.78. The van der Waals surface area contributed by atoms with Crippen LogP contribution in [0.2, 0.25) is 0 Å². The van der Waals surface area contributed by atoms with Gasteiger partial charge in [-0.15, -0.1) is 0 Å². The summed E-state index contributed by atoms with van der Waals surface area (Å²) in [5.41, 5.74) is 0.0448. The van der Waals surface area contributed by atoms with Gasteiger partial charge in [0.25, 0.3) is 5.91 Å². The summed E-state index contributed by atoms with van der Waals surface area (Å²) in [5, 5.41) is 8.97. The van der Waals surface area contributed by atoms with E-state index in [1.54, 1.807) is 23.1 Å². The highest BCUT2D eigenvalue weighted by Gasteiger charge is 2.36. The number of piperazine rings is 1. The van der Waals surface area contributed by atoms with E-state index in [9.17, 15) is 22.8 Å². The van der Waals surface area contributed by atoms with Crippen LogP contribution in [0.15, 0.2) is 42.5 Å². The SMILES string of the molecule is Cc1cccc(C(=O)N2CCN(c3ccc(C(=O)O)cc3C(F)(F)F)CC2)c1. The Hall–Kier alpha value is -3.03. The molecular formula is C20H19F3N2O3. The monoisotopic (exact) mass is 392 g/mol. The largest absolute Gasteiger partial charge is 0.478 e. The number of benzene rings is 2.